The van der Waals surface area contributed by atoms with E-state index >= 15 is 0 Å². The van der Waals surface area contributed by atoms with E-state index in [0.717, 1.165) is 11.8 Å². The van der Waals surface area contributed by atoms with Crippen molar-refractivity contribution in [2.45, 2.75) is 6.92 Å². The van der Waals surface area contributed by atoms with Gasteiger partial charge in [0.05, 0.1) is 11.9 Å². The molecule has 0 atom stereocenters. The van der Waals surface area contributed by atoms with Crippen LogP contribution in [0.1, 0.15) is 15.9 Å². The average Bonchev–Trinajstić information content (AvgIpc) is 2.06. The zero-order valence-corrected chi connectivity index (χ0v) is 9.26. The number of primary amides is 1. The smallest absolute Gasteiger partial charge is 0.248 e. The molecule has 0 fully saturated rings. The van der Waals surface area contributed by atoms with Crippen LogP contribution in [0.3, 0.4) is 0 Å². The molecule has 0 saturated carbocycles. The molecule has 0 aliphatic heterocycles. The first-order valence-electron chi connectivity index (χ1n) is 4.18. The van der Waals surface area contributed by atoms with Crippen molar-refractivity contribution in [1.29, 1.82) is 0 Å². The summed E-state index contributed by atoms with van der Waals surface area (Å²) in [6, 6.07) is 4.59. The van der Waals surface area contributed by atoms with Gasteiger partial charge in [-0.1, -0.05) is 6.07 Å². The lowest BCUT2D eigenvalue weighted by atomic mass is 10.1. The topological polar surface area (TPSA) is 89.3 Å². The molecule has 15 heavy (non-hydrogen) atoms. The third kappa shape index (κ3) is 3.25. The van der Waals surface area contributed by atoms with Gasteiger partial charge in [0, 0.05) is 5.56 Å². The highest BCUT2D eigenvalue weighted by atomic mass is 32.2. The largest absolute Gasteiger partial charge is 0.366 e. The van der Waals surface area contributed by atoms with Crippen molar-refractivity contribution in [3.05, 3.63) is 29.3 Å². The summed E-state index contributed by atoms with van der Waals surface area (Å²) in [5, 5.41) is 0. The van der Waals surface area contributed by atoms with Gasteiger partial charge < -0.3 is 5.73 Å². The molecule has 0 heterocycles. The summed E-state index contributed by atoms with van der Waals surface area (Å²) in [6.07, 6.45) is 1.05. The first-order chi connectivity index (χ1) is 6.79. The van der Waals surface area contributed by atoms with Gasteiger partial charge in [0.2, 0.25) is 15.9 Å². The Labute approximate surface area is 88.3 Å². The van der Waals surface area contributed by atoms with Crippen LogP contribution >= 0.6 is 0 Å². The van der Waals surface area contributed by atoms with Crippen LogP contribution in [0.2, 0.25) is 0 Å². The number of aryl methyl sites for hydroxylation is 1. The Morgan fingerprint density at radius 2 is 2.00 bits per heavy atom. The number of amides is 1. The Morgan fingerprint density at radius 1 is 1.40 bits per heavy atom. The molecule has 1 aromatic carbocycles. The minimum atomic E-state index is -3.34. The molecule has 0 aliphatic rings. The second kappa shape index (κ2) is 3.90. The second-order valence-electron chi connectivity index (χ2n) is 3.27. The summed E-state index contributed by atoms with van der Waals surface area (Å²) >= 11 is 0. The zero-order chi connectivity index (χ0) is 11.6. The first-order valence-corrected chi connectivity index (χ1v) is 6.07. The van der Waals surface area contributed by atoms with Crippen LogP contribution in [-0.4, -0.2) is 20.6 Å². The Morgan fingerprint density at radius 3 is 2.47 bits per heavy atom. The van der Waals surface area contributed by atoms with Crippen molar-refractivity contribution in [1.82, 2.24) is 0 Å². The molecule has 1 rings (SSSR count). The van der Waals surface area contributed by atoms with Gasteiger partial charge in [0.25, 0.3) is 0 Å². The molecule has 0 spiro atoms. The number of benzene rings is 1. The van der Waals surface area contributed by atoms with Gasteiger partial charge in [-0.05, 0) is 24.6 Å². The lowest BCUT2D eigenvalue weighted by molar-refractivity contribution is 0.100. The molecule has 0 aliphatic carbocycles. The number of anilines is 1. The van der Waals surface area contributed by atoms with E-state index in [1.165, 1.54) is 6.07 Å². The van der Waals surface area contributed by atoms with Crippen molar-refractivity contribution in [3.8, 4) is 0 Å². The summed E-state index contributed by atoms with van der Waals surface area (Å²) in [6.45, 7) is 1.73. The Hall–Kier alpha value is -1.56. The molecule has 0 saturated heterocycles. The maximum atomic E-state index is 11.0. The molecule has 5 nitrogen and oxygen atoms in total. The van der Waals surface area contributed by atoms with Crippen LogP contribution in [0.25, 0.3) is 0 Å². The predicted molar refractivity (Wildman–Crippen MR) is 58.2 cm³/mol. The number of nitrogens with one attached hydrogen (secondary N) is 1. The summed E-state index contributed by atoms with van der Waals surface area (Å²) in [7, 11) is -3.34. The fraction of sp³-hybridized carbons (Fsp3) is 0.222. The molecule has 1 amide bonds. The van der Waals surface area contributed by atoms with Crippen LogP contribution < -0.4 is 10.5 Å². The molecule has 0 aromatic heterocycles. The van der Waals surface area contributed by atoms with Gasteiger partial charge in [-0.15, -0.1) is 0 Å². The highest BCUT2D eigenvalue weighted by Gasteiger charge is 2.08. The highest BCUT2D eigenvalue weighted by molar-refractivity contribution is 7.92. The molecular formula is C9H12N2O3S. The molecule has 1 aromatic rings. The summed E-state index contributed by atoms with van der Waals surface area (Å²) in [5.41, 5.74) is 6.45. The van der Waals surface area contributed by atoms with E-state index in [0.29, 0.717) is 5.69 Å². The number of carbonyl (C=O) groups excluding carboxylic acids is 1. The minimum Gasteiger partial charge on any atom is -0.366 e. The minimum absolute atomic E-state index is 0.270. The quantitative estimate of drug-likeness (QED) is 0.787. The van der Waals surface area contributed by atoms with E-state index < -0.39 is 15.9 Å². The van der Waals surface area contributed by atoms with Crippen molar-refractivity contribution in [2.24, 2.45) is 5.73 Å². The number of rotatable bonds is 3. The maximum Gasteiger partial charge on any atom is 0.248 e. The molecule has 82 valence electrons. The number of nitrogens with two attached hydrogens (primary N) is 1. The SMILES string of the molecule is Cc1ccc(C(N)=O)cc1NS(C)(=O)=O. The molecular weight excluding hydrogens is 216 g/mol. The van der Waals surface area contributed by atoms with Gasteiger partial charge in [0.15, 0.2) is 0 Å². The number of hydrogen-bond acceptors (Lipinski definition) is 3. The van der Waals surface area contributed by atoms with Crippen molar-refractivity contribution < 1.29 is 13.2 Å². The summed E-state index contributed by atoms with van der Waals surface area (Å²) in [5.74, 6) is -0.591. The van der Waals surface area contributed by atoms with Gasteiger partial charge >= 0.3 is 0 Å². The third-order valence-electron chi connectivity index (χ3n) is 1.82. The van der Waals surface area contributed by atoms with E-state index in [9.17, 15) is 13.2 Å². The van der Waals surface area contributed by atoms with Gasteiger partial charge in [-0.3, -0.25) is 9.52 Å². The Bertz CT molecular complexity index is 494. The van der Waals surface area contributed by atoms with E-state index in [1.807, 2.05) is 0 Å². The highest BCUT2D eigenvalue weighted by Crippen LogP contribution is 2.17. The molecule has 0 unspecified atom stereocenters. The Kier molecular flexibility index (Phi) is 2.99. The standard InChI is InChI=1S/C9H12N2O3S/c1-6-3-4-7(9(10)12)5-8(6)11-15(2,13)14/h3-5,11H,1-2H3,(H2,10,12). The van der Waals surface area contributed by atoms with Crippen molar-refractivity contribution >= 4 is 21.6 Å². The first kappa shape index (κ1) is 11.5. The van der Waals surface area contributed by atoms with Crippen molar-refractivity contribution in [2.75, 3.05) is 11.0 Å². The van der Waals surface area contributed by atoms with E-state index in [-0.39, 0.29) is 5.56 Å². The van der Waals surface area contributed by atoms with Gasteiger partial charge in [-0.25, -0.2) is 8.42 Å². The normalized spacial score (nSPS) is 11.1. The van der Waals surface area contributed by atoms with Crippen LogP contribution in [0, 0.1) is 6.92 Å². The number of sulfonamides is 1. The zero-order valence-electron chi connectivity index (χ0n) is 8.44. The second-order valence-corrected chi connectivity index (χ2v) is 5.02. The number of carbonyl (C=O) groups is 1. The lowest BCUT2D eigenvalue weighted by Crippen LogP contribution is -2.14. The summed E-state index contributed by atoms with van der Waals surface area (Å²) in [4.78, 5) is 10.9. The maximum absolute atomic E-state index is 11.0. The van der Waals surface area contributed by atoms with Crippen LogP contribution in [0.4, 0.5) is 5.69 Å². The summed E-state index contributed by atoms with van der Waals surface area (Å²) < 4.78 is 24.3. The lowest BCUT2D eigenvalue weighted by Gasteiger charge is -2.08. The van der Waals surface area contributed by atoms with Crippen LogP contribution in [0.5, 0.6) is 0 Å². The van der Waals surface area contributed by atoms with E-state index in [4.69, 9.17) is 5.73 Å². The van der Waals surface area contributed by atoms with Gasteiger partial charge in [0.1, 0.15) is 0 Å². The monoisotopic (exact) mass is 228 g/mol. The number of hydrogen-bond donors (Lipinski definition) is 2. The van der Waals surface area contributed by atoms with Gasteiger partial charge in [-0.2, -0.15) is 0 Å². The molecule has 0 radical (unpaired) electrons. The fourth-order valence-electron chi connectivity index (χ4n) is 1.08. The molecule has 0 bridgehead atoms. The molecule has 3 N–H and O–H groups in total. The fourth-order valence-corrected chi connectivity index (χ4v) is 1.70. The Balaban J connectivity index is 3.17. The predicted octanol–water partition coefficient (Wildman–Crippen LogP) is 0.465. The van der Waals surface area contributed by atoms with Crippen molar-refractivity contribution in [3.63, 3.8) is 0 Å². The van der Waals surface area contributed by atoms with Crippen LogP contribution in [-0.2, 0) is 10.0 Å². The third-order valence-corrected chi connectivity index (χ3v) is 2.41. The molecule has 6 heteroatoms. The van der Waals surface area contributed by atoms with E-state index in [1.54, 1.807) is 19.1 Å². The van der Waals surface area contributed by atoms with E-state index in [2.05, 4.69) is 4.72 Å². The van der Waals surface area contributed by atoms with Crippen LogP contribution in [0.15, 0.2) is 18.2 Å². The average molecular weight is 228 g/mol.